The third-order valence-electron chi connectivity index (χ3n) is 2.65. The lowest BCUT2D eigenvalue weighted by molar-refractivity contribution is -0.386. The molecule has 0 saturated carbocycles. The van der Waals surface area contributed by atoms with Gasteiger partial charge in [0.2, 0.25) is 0 Å². The van der Waals surface area contributed by atoms with Gasteiger partial charge in [-0.15, -0.1) is 0 Å². The molecule has 2 aromatic rings. The van der Waals surface area contributed by atoms with Gasteiger partial charge in [0, 0.05) is 18.1 Å². The molecule has 0 radical (unpaired) electrons. The molecule has 0 unspecified atom stereocenters. The van der Waals surface area contributed by atoms with E-state index in [1.165, 1.54) is 12.1 Å². The third kappa shape index (κ3) is 3.62. The minimum atomic E-state index is -0.612. The normalized spacial score (nSPS) is 10.3. The molecule has 0 saturated heterocycles. The highest BCUT2D eigenvalue weighted by atomic mass is 16.6. The summed E-state index contributed by atoms with van der Waals surface area (Å²) in [4.78, 5) is 25.1. The summed E-state index contributed by atoms with van der Waals surface area (Å²) >= 11 is 0. The van der Waals surface area contributed by atoms with Crippen LogP contribution < -0.4 is 4.74 Å². The summed E-state index contributed by atoms with van der Waals surface area (Å²) in [5.41, 5.74) is -0.0787. The molecule has 2 rings (SSSR count). The van der Waals surface area contributed by atoms with Crippen LogP contribution in [-0.2, 0) is 13.0 Å². The van der Waals surface area contributed by atoms with E-state index in [0.29, 0.717) is 18.5 Å². The maximum atomic E-state index is 10.9. The number of nitrogens with zero attached hydrogens (tertiary/aromatic N) is 3. The van der Waals surface area contributed by atoms with E-state index in [9.17, 15) is 14.9 Å². The van der Waals surface area contributed by atoms with Crippen LogP contribution in [0.15, 0.2) is 22.7 Å². The Kier molecular flexibility index (Phi) is 4.60. The van der Waals surface area contributed by atoms with Crippen molar-refractivity contribution in [2.75, 3.05) is 0 Å². The van der Waals surface area contributed by atoms with Gasteiger partial charge in [0.15, 0.2) is 18.2 Å². The molecule has 0 aliphatic heterocycles. The van der Waals surface area contributed by atoms with E-state index in [4.69, 9.17) is 9.26 Å². The largest absolute Gasteiger partial charge is 0.477 e. The number of carbonyl (C=O) groups excluding carboxylic acids is 1. The summed E-state index contributed by atoms with van der Waals surface area (Å²) in [6, 6.07) is 3.95. The molecule has 8 heteroatoms. The lowest BCUT2D eigenvalue weighted by atomic mass is 10.2. The van der Waals surface area contributed by atoms with Crippen LogP contribution in [-0.4, -0.2) is 21.4 Å². The Morgan fingerprint density at radius 2 is 2.29 bits per heavy atom. The van der Waals surface area contributed by atoms with Crippen molar-refractivity contribution in [1.82, 2.24) is 10.1 Å². The molecule has 0 spiro atoms. The van der Waals surface area contributed by atoms with Crippen LogP contribution in [0.3, 0.4) is 0 Å². The second-order valence-corrected chi connectivity index (χ2v) is 4.25. The molecular formula is C13H13N3O5. The Bertz CT molecular complexity index is 653. The molecule has 1 aromatic carbocycles. The fraction of sp³-hybridized carbons (Fsp3) is 0.308. The van der Waals surface area contributed by atoms with Gasteiger partial charge in [0.25, 0.3) is 5.89 Å². The van der Waals surface area contributed by atoms with Crippen molar-refractivity contribution < 1.29 is 19.0 Å². The fourth-order valence-corrected chi connectivity index (χ4v) is 1.69. The van der Waals surface area contributed by atoms with Gasteiger partial charge >= 0.3 is 5.69 Å². The number of aldehydes is 1. The zero-order valence-corrected chi connectivity index (χ0v) is 11.3. The smallest absolute Gasteiger partial charge is 0.311 e. The molecule has 21 heavy (non-hydrogen) atoms. The fourth-order valence-electron chi connectivity index (χ4n) is 1.69. The molecule has 110 valence electrons. The van der Waals surface area contributed by atoms with Crippen molar-refractivity contribution in [2.45, 2.75) is 26.4 Å². The SMILES string of the molecule is CCCc1noc(COc2ccc(C=O)cc2[N+](=O)[O-])n1. The Labute approximate surface area is 119 Å². The lowest BCUT2D eigenvalue weighted by Crippen LogP contribution is -2.00. The summed E-state index contributed by atoms with van der Waals surface area (Å²) in [6.07, 6.45) is 2.11. The molecule has 0 atom stereocenters. The Hall–Kier alpha value is -2.77. The summed E-state index contributed by atoms with van der Waals surface area (Å²) < 4.78 is 10.3. The number of nitro groups is 1. The first-order valence-electron chi connectivity index (χ1n) is 6.32. The average Bonchev–Trinajstić information content (AvgIpc) is 2.93. The number of nitro benzene ring substituents is 1. The monoisotopic (exact) mass is 291 g/mol. The molecule has 0 aliphatic carbocycles. The van der Waals surface area contributed by atoms with Gasteiger partial charge in [0.05, 0.1) is 4.92 Å². The van der Waals surface area contributed by atoms with Crippen molar-refractivity contribution in [3.8, 4) is 5.75 Å². The molecule has 0 fully saturated rings. The van der Waals surface area contributed by atoms with Crippen molar-refractivity contribution in [2.24, 2.45) is 0 Å². The van der Waals surface area contributed by atoms with E-state index in [0.717, 1.165) is 12.5 Å². The molecule has 0 amide bonds. The zero-order valence-electron chi connectivity index (χ0n) is 11.3. The highest BCUT2D eigenvalue weighted by Gasteiger charge is 2.17. The molecule has 1 aromatic heterocycles. The van der Waals surface area contributed by atoms with Crippen LogP contribution in [0.2, 0.25) is 0 Å². The second kappa shape index (κ2) is 6.60. The van der Waals surface area contributed by atoms with E-state index in [1.54, 1.807) is 0 Å². The predicted molar refractivity (Wildman–Crippen MR) is 71.1 cm³/mol. The first-order chi connectivity index (χ1) is 10.1. The van der Waals surface area contributed by atoms with Gasteiger partial charge in [-0.1, -0.05) is 12.1 Å². The van der Waals surface area contributed by atoms with Gasteiger partial charge in [-0.25, -0.2) is 0 Å². The van der Waals surface area contributed by atoms with Gasteiger partial charge in [0.1, 0.15) is 6.29 Å². The maximum Gasteiger partial charge on any atom is 0.311 e. The number of carbonyl (C=O) groups is 1. The minimum absolute atomic E-state index is 0.0424. The van der Waals surface area contributed by atoms with Crippen LogP contribution in [0.4, 0.5) is 5.69 Å². The molecule has 1 heterocycles. The zero-order chi connectivity index (χ0) is 15.2. The molecule has 0 bridgehead atoms. The number of hydrogen-bond acceptors (Lipinski definition) is 7. The van der Waals surface area contributed by atoms with Crippen molar-refractivity contribution >= 4 is 12.0 Å². The molecule has 0 aliphatic rings. The lowest BCUT2D eigenvalue weighted by Gasteiger charge is -2.04. The van der Waals surface area contributed by atoms with Crippen LogP contribution in [0.1, 0.15) is 35.4 Å². The number of ether oxygens (including phenoxy) is 1. The minimum Gasteiger partial charge on any atom is -0.477 e. The number of aromatic nitrogens is 2. The summed E-state index contributed by atoms with van der Waals surface area (Å²) in [7, 11) is 0. The first kappa shape index (κ1) is 14.6. The topological polar surface area (TPSA) is 108 Å². The van der Waals surface area contributed by atoms with Gasteiger partial charge in [-0.3, -0.25) is 14.9 Å². The number of hydrogen-bond donors (Lipinski definition) is 0. The van der Waals surface area contributed by atoms with Gasteiger partial charge in [-0.05, 0) is 18.6 Å². The van der Waals surface area contributed by atoms with E-state index in [-0.39, 0.29) is 29.5 Å². The van der Waals surface area contributed by atoms with E-state index in [1.807, 2.05) is 6.92 Å². The summed E-state index contributed by atoms with van der Waals surface area (Å²) in [5, 5.41) is 14.7. The Morgan fingerprint density at radius 3 is 2.95 bits per heavy atom. The van der Waals surface area contributed by atoms with Gasteiger partial charge < -0.3 is 9.26 Å². The van der Waals surface area contributed by atoms with Crippen LogP contribution in [0.5, 0.6) is 5.75 Å². The number of aryl methyl sites for hydroxylation is 1. The first-order valence-corrected chi connectivity index (χ1v) is 6.32. The highest BCUT2D eigenvalue weighted by molar-refractivity contribution is 5.77. The highest BCUT2D eigenvalue weighted by Crippen LogP contribution is 2.28. The van der Waals surface area contributed by atoms with E-state index in [2.05, 4.69) is 10.1 Å². The van der Waals surface area contributed by atoms with Crippen LogP contribution >= 0.6 is 0 Å². The average molecular weight is 291 g/mol. The van der Waals surface area contributed by atoms with E-state index >= 15 is 0 Å². The van der Waals surface area contributed by atoms with Crippen molar-refractivity contribution in [3.63, 3.8) is 0 Å². The van der Waals surface area contributed by atoms with Crippen molar-refractivity contribution in [1.29, 1.82) is 0 Å². The Morgan fingerprint density at radius 1 is 1.48 bits per heavy atom. The van der Waals surface area contributed by atoms with Crippen molar-refractivity contribution in [3.05, 3.63) is 45.6 Å². The van der Waals surface area contributed by atoms with E-state index < -0.39 is 4.92 Å². The second-order valence-electron chi connectivity index (χ2n) is 4.25. The summed E-state index contributed by atoms with van der Waals surface area (Å²) in [5.74, 6) is 0.856. The molecule has 8 nitrogen and oxygen atoms in total. The third-order valence-corrected chi connectivity index (χ3v) is 2.65. The van der Waals surface area contributed by atoms with Gasteiger partial charge in [-0.2, -0.15) is 4.98 Å². The molecular weight excluding hydrogens is 278 g/mol. The predicted octanol–water partition coefficient (Wildman–Crippen LogP) is 2.32. The number of rotatable bonds is 7. The van der Waals surface area contributed by atoms with Crippen LogP contribution in [0.25, 0.3) is 0 Å². The standard InChI is InChI=1S/C13H13N3O5/c1-2-3-12-14-13(21-15-12)8-20-11-5-4-9(7-17)6-10(11)16(18)19/h4-7H,2-3,8H2,1H3. The maximum absolute atomic E-state index is 10.9. The molecule has 0 N–H and O–H groups in total. The summed E-state index contributed by atoms with van der Waals surface area (Å²) in [6.45, 7) is 1.92. The number of benzene rings is 1. The van der Waals surface area contributed by atoms with Crippen LogP contribution in [0, 0.1) is 10.1 Å². The Balaban J connectivity index is 2.11. The quantitative estimate of drug-likeness (QED) is 0.437.